The lowest BCUT2D eigenvalue weighted by Gasteiger charge is -2.16. The van der Waals surface area contributed by atoms with Crippen LogP contribution < -0.4 is 10.0 Å². The Morgan fingerprint density at radius 3 is 2.54 bits per heavy atom. The lowest BCUT2D eigenvalue weighted by Crippen LogP contribution is -2.35. The Morgan fingerprint density at radius 2 is 1.88 bits per heavy atom. The number of amides is 1. The molecule has 1 aliphatic heterocycles. The van der Waals surface area contributed by atoms with E-state index in [9.17, 15) is 19.8 Å². The van der Waals surface area contributed by atoms with E-state index in [-0.39, 0.29) is 10.9 Å². The number of aromatic hydroxyl groups is 1. The number of carboxylic acid groups (broad SMARTS) is 1. The molecule has 1 unspecified atom stereocenters. The fraction of sp³-hybridized carbons (Fsp3) is 0.111. The number of nitrogens with zero attached hydrogens (tertiary/aromatic N) is 3. The van der Waals surface area contributed by atoms with Crippen LogP contribution in [0.5, 0.6) is 5.75 Å². The van der Waals surface area contributed by atoms with Crippen molar-refractivity contribution in [2.75, 3.05) is 4.90 Å². The summed E-state index contributed by atoms with van der Waals surface area (Å²) in [6.07, 6.45) is 1.12. The summed E-state index contributed by atoms with van der Waals surface area (Å²) in [7, 11) is 0. The van der Waals surface area contributed by atoms with Crippen LogP contribution in [0, 0.1) is 0 Å². The fourth-order valence-electron chi connectivity index (χ4n) is 2.34. The number of anilines is 1. The predicted octanol–water partition coefficient (Wildman–Crippen LogP) is 1.37. The molecule has 132 valence electrons. The van der Waals surface area contributed by atoms with Crippen molar-refractivity contribution in [2.45, 2.75) is 11.7 Å². The van der Waals surface area contributed by atoms with Gasteiger partial charge in [0.15, 0.2) is 5.17 Å². The van der Waals surface area contributed by atoms with Crippen LogP contribution >= 0.6 is 11.8 Å². The normalized spacial score (nSPS) is 18.8. The minimum Gasteiger partial charge on any atom is -0.550 e. The highest BCUT2D eigenvalue weighted by atomic mass is 32.2. The van der Waals surface area contributed by atoms with Crippen molar-refractivity contribution in [1.29, 1.82) is 0 Å². The summed E-state index contributed by atoms with van der Waals surface area (Å²) in [5.74, 6) is -1.67. The molecule has 0 radical (unpaired) electrons. The molecule has 1 fully saturated rings. The Balaban J connectivity index is 1.90. The van der Waals surface area contributed by atoms with Crippen LogP contribution in [0.2, 0.25) is 0 Å². The smallest absolute Gasteiger partial charge is 0.247 e. The third-order valence-electron chi connectivity index (χ3n) is 3.54. The fourth-order valence-corrected chi connectivity index (χ4v) is 3.42. The van der Waals surface area contributed by atoms with E-state index in [1.54, 1.807) is 18.3 Å². The van der Waals surface area contributed by atoms with Crippen molar-refractivity contribution in [2.24, 2.45) is 10.2 Å². The number of aliphatic carboxylic acids is 1. The highest BCUT2D eigenvalue weighted by Gasteiger charge is 2.39. The van der Waals surface area contributed by atoms with E-state index in [2.05, 4.69) is 10.2 Å². The van der Waals surface area contributed by atoms with Gasteiger partial charge in [0.05, 0.1) is 17.2 Å². The minimum atomic E-state index is -1.31. The van der Waals surface area contributed by atoms with Crippen molar-refractivity contribution in [1.82, 2.24) is 0 Å². The first-order valence-corrected chi connectivity index (χ1v) is 8.58. The lowest BCUT2D eigenvalue weighted by atomic mass is 10.2. The Bertz CT molecular complexity index is 866. The van der Waals surface area contributed by atoms with Crippen LogP contribution in [0.4, 0.5) is 5.69 Å². The van der Waals surface area contributed by atoms with Gasteiger partial charge in [-0.1, -0.05) is 42.1 Å². The average Bonchev–Trinajstić information content (AvgIpc) is 2.92. The number of carbonyl (C=O) groups excluding carboxylic acids is 2. The van der Waals surface area contributed by atoms with Gasteiger partial charge in [0.1, 0.15) is 5.75 Å². The van der Waals surface area contributed by atoms with Gasteiger partial charge in [-0.05, 0) is 29.8 Å². The molecule has 1 heterocycles. The number of thioether (sulfide) groups is 1. The maximum atomic E-state index is 12.6. The summed E-state index contributed by atoms with van der Waals surface area (Å²) in [6, 6.07) is 15.3. The molecule has 1 N–H and O–H groups in total. The zero-order valence-electron chi connectivity index (χ0n) is 13.5. The minimum absolute atomic E-state index is 0.0555. The van der Waals surface area contributed by atoms with E-state index >= 15 is 0 Å². The summed E-state index contributed by atoms with van der Waals surface area (Å²) in [6.45, 7) is 0. The second-order valence-corrected chi connectivity index (χ2v) is 6.58. The van der Waals surface area contributed by atoms with E-state index in [0.717, 1.165) is 17.3 Å². The topological polar surface area (TPSA) is 105 Å². The van der Waals surface area contributed by atoms with Gasteiger partial charge in [0.25, 0.3) is 0 Å². The van der Waals surface area contributed by atoms with Gasteiger partial charge in [-0.15, -0.1) is 5.10 Å². The Morgan fingerprint density at radius 1 is 1.19 bits per heavy atom. The molecular formula is C18H14N3O4S-. The number of rotatable bonds is 5. The number of carboxylic acids is 1. The summed E-state index contributed by atoms with van der Waals surface area (Å²) in [5.41, 5.74) is 1.31. The molecule has 1 aliphatic rings. The van der Waals surface area contributed by atoms with Gasteiger partial charge in [0.2, 0.25) is 5.91 Å². The summed E-state index contributed by atoms with van der Waals surface area (Å²) >= 11 is 1.02. The van der Waals surface area contributed by atoms with Crippen LogP contribution in [-0.4, -0.2) is 33.6 Å². The van der Waals surface area contributed by atoms with Crippen LogP contribution in [0.15, 0.2) is 64.8 Å². The van der Waals surface area contributed by atoms with Gasteiger partial charge >= 0.3 is 0 Å². The number of phenols is 1. The molecule has 0 aliphatic carbocycles. The number of phenolic OH excluding ortho intramolecular Hbond substituents is 1. The van der Waals surface area contributed by atoms with Crippen LogP contribution in [-0.2, 0) is 9.59 Å². The summed E-state index contributed by atoms with van der Waals surface area (Å²) in [4.78, 5) is 24.8. The number of hydrogen-bond donors (Lipinski definition) is 1. The molecule has 0 spiro atoms. The zero-order chi connectivity index (χ0) is 18.5. The highest BCUT2D eigenvalue weighted by molar-refractivity contribution is 8.16. The van der Waals surface area contributed by atoms with Crippen molar-refractivity contribution < 1.29 is 19.8 Å². The van der Waals surface area contributed by atoms with Gasteiger partial charge in [-0.25, -0.2) is 0 Å². The molecule has 0 saturated carbocycles. The molecule has 1 atom stereocenters. The standard InChI is InChI=1S/C18H15N3O4S/c22-14-8-6-13(7-9-14)21-17(25)15(10-16(23)24)26-18(21)20-19-11-12-4-2-1-3-5-12/h1-9,11,15,22H,10H2,(H,23,24)/p-1. The molecule has 0 aromatic heterocycles. The maximum Gasteiger partial charge on any atom is 0.247 e. The van der Waals surface area contributed by atoms with Crippen molar-refractivity contribution >= 4 is 40.7 Å². The van der Waals surface area contributed by atoms with E-state index in [1.807, 2.05) is 30.3 Å². The molecule has 8 heteroatoms. The first-order chi connectivity index (χ1) is 12.5. The number of benzene rings is 2. The summed E-state index contributed by atoms with van der Waals surface area (Å²) < 4.78 is 0. The third-order valence-corrected chi connectivity index (χ3v) is 4.67. The average molecular weight is 368 g/mol. The quantitative estimate of drug-likeness (QED) is 0.634. The van der Waals surface area contributed by atoms with Gasteiger partial charge < -0.3 is 15.0 Å². The van der Waals surface area contributed by atoms with Gasteiger partial charge in [-0.2, -0.15) is 5.10 Å². The second kappa shape index (κ2) is 7.83. The van der Waals surface area contributed by atoms with Gasteiger partial charge in [0, 0.05) is 12.4 Å². The van der Waals surface area contributed by atoms with Crippen LogP contribution in [0.3, 0.4) is 0 Å². The largest absolute Gasteiger partial charge is 0.550 e. The van der Waals surface area contributed by atoms with E-state index in [1.165, 1.54) is 17.0 Å². The lowest BCUT2D eigenvalue weighted by molar-refractivity contribution is -0.305. The van der Waals surface area contributed by atoms with E-state index < -0.39 is 23.5 Å². The molecule has 1 amide bonds. The van der Waals surface area contributed by atoms with Crippen molar-refractivity contribution in [3.8, 4) is 5.75 Å². The monoisotopic (exact) mass is 368 g/mol. The molecule has 0 bridgehead atoms. The number of carbonyl (C=O) groups is 2. The summed E-state index contributed by atoms with van der Waals surface area (Å²) in [5, 5.41) is 27.8. The second-order valence-electron chi connectivity index (χ2n) is 5.41. The van der Waals surface area contributed by atoms with Crippen LogP contribution in [0.1, 0.15) is 12.0 Å². The van der Waals surface area contributed by atoms with Crippen molar-refractivity contribution in [3.63, 3.8) is 0 Å². The van der Waals surface area contributed by atoms with E-state index in [4.69, 9.17) is 0 Å². The van der Waals surface area contributed by atoms with Crippen molar-refractivity contribution in [3.05, 3.63) is 60.2 Å². The Hall–Kier alpha value is -3.13. The number of amidine groups is 1. The van der Waals surface area contributed by atoms with Crippen LogP contribution in [0.25, 0.3) is 0 Å². The molecule has 26 heavy (non-hydrogen) atoms. The molecule has 1 saturated heterocycles. The first-order valence-electron chi connectivity index (χ1n) is 7.70. The number of hydrogen-bond acceptors (Lipinski definition) is 7. The Kier molecular flexibility index (Phi) is 5.33. The SMILES string of the molecule is O=C([O-])CC1SC(=NN=Cc2ccccc2)N(c2ccc(O)cc2)C1=O. The van der Waals surface area contributed by atoms with E-state index in [0.29, 0.717) is 5.69 Å². The molecular weight excluding hydrogens is 354 g/mol. The molecule has 2 aromatic carbocycles. The predicted molar refractivity (Wildman–Crippen MR) is 98.1 cm³/mol. The Labute approximate surface area is 153 Å². The van der Waals surface area contributed by atoms with Gasteiger partial charge in [-0.3, -0.25) is 9.69 Å². The zero-order valence-corrected chi connectivity index (χ0v) is 14.3. The molecule has 2 aromatic rings. The molecule has 7 nitrogen and oxygen atoms in total. The highest BCUT2D eigenvalue weighted by Crippen LogP contribution is 2.34. The third kappa shape index (κ3) is 4.09. The molecule has 3 rings (SSSR count). The maximum absolute atomic E-state index is 12.6. The first kappa shape index (κ1) is 17.7.